The monoisotopic (exact) mass is 336 g/mol. The summed E-state index contributed by atoms with van der Waals surface area (Å²) in [6.07, 6.45) is 1.64. The molecule has 0 saturated carbocycles. The minimum Gasteiger partial charge on any atom is -0.381 e. The highest BCUT2D eigenvalue weighted by Gasteiger charge is 2.16. The second kappa shape index (κ2) is 7.18. The Morgan fingerprint density at radius 3 is 2.78 bits per heavy atom. The summed E-state index contributed by atoms with van der Waals surface area (Å²) in [6.45, 7) is 4.30. The number of nitrogens with one attached hydrogen (secondary N) is 1. The Labute approximate surface area is 116 Å². The standard InChI is InChI=1S/C11H17BrN2O3S/c1-3-17-6-7-18(15,16)14-9(2)11-5-4-10(12)8-13-11/h4-5,8-9,14H,3,6-7H2,1-2H3. The van der Waals surface area contributed by atoms with E-state index in [2.05, 4.69) is 25.6 Å². The van der Waals surface area contributed by atoms with E-state index in [1.165, 1.54) is 0 Å². The Hall–Kier alpha value is -0.500. The van der Waals surface area contributed by atoms with E-state index < -0.39 is 10.0 Å². The van der Waals surface area contributed by atoms with Crippen LogP contribution in [-0.2, 0) is 14.8 Å². The maximum Gasteiger partial charge on any atom is 0.214 e. The van der Waals surface area contributed by atoms with Gasteiger partial charge in [0.25, 0.3) is 0 Å². The van der Waals surface area contributed by atoms with Crippen LogP contribution < -0.4 is 4.72 Å². The zero-order valence-electron chi connectivity index (χ0n) is 10.4. The van der Waals surface area contributed by atoms with Crippen LogP contribution in [-0.4, -0.2) is 32.4 Å². The fourth-order valence-electron chi connectivity index (χ4n) is 1.35. The minimum absolute atomic E-state index is 0.0400. The summed E-state index contributed by atoms with van der Waals surface area (Å²) in [5, 5.41) is 0. The predicted molar refractivity (Wildman–Crippen MR) is 73.8 cm³/mol. The van der Waals surface area contributed by atoms with Crippen LogP contribution in [0.25, 0.3) is 0 Å². The van der Waals surface area contributed by atoms with Crippen molar-refractivity contribution in [2.24, 2.45) is 0 Å². The van der Waals surface area contributed by atoms with E-state index in [1.807, 2.05) is 13.0 Å². The molecule has 0 aromatic carbocycles. The maximum absolute atomic E-state index is 11.7. The van der Waals surface area contributed by atoms with Gasteiger partial charge >= 0.3 is 0 Å². The number of halogens is 1. The van der Waals surface area contributed by atoms with Gasteiger partial charge in [0.2, 0.25) is 10.0 Å². The van der Waals surface area contributed by atoms with Gasteiger partial charge in [0, 0.05) is 17.3 Å². The molecular formula is C11H17BrN2O3S. The van der Waals surface area contributed by atoms with Crippen molar-refractivity contribution < 1.29 is 13.2 Å². The highest BCUT2D eigenvalue weighted by atomic mass is 79.9. The number of hydrogen-bond acceptors (Lipinski definition) is 4. The number of aromatic nitrogens is 1. The number of rotatable bonds is 7. The third kappa shape index (κ3) is 5.43. The molecule has 0 amide bonds. The van der Waals surface area contributed by atoms with Crippen LogP contribution in [0.3, 0.4) is 0 Å². The molecule has 102 valence electrons. The predicted octanol–water partition coefficient (Wildman–Crippen LogP) is 1.86. The molecule has 0 fully saturated rings. The van der Waals surface area contributed by atoms with E-state index in [0.29, 0.717) is 12.3 Å². The topological polar surface area (TPSA) is 68.3 Å². The van der Waals surface area contributed by atoms with Gasteiger partial charge in [-0.1, -0.05) is 0 Å². The Bertz CT molecular complexity index is 462. The van der Waals surface area contributed by atoms with Gasteiger partial charge in [-0.2, -0.15) is 0 Å². The van der Waals surface area contributed by atoms with Crippen molar-refractivity contribution >= 4 is 26.0 Å². The van der Waals surface area contributed by atoms with Crippen molar-refractivity contribution in [3.8, 4) is 0 Å². The zero-order chi connectivity index (χ0) is 13.6. The molecule has 0 aliphatic rings. The van der Waals surface area contributed by atoms with Gasteiger partial charge < -0.3 is 4.74 Å². The van der Waals surface area contributed by atoms with Gasteiger partial charge in [0.1, 0.15) is 0 Å². The van der Waals surface area contributed by atoms with Gasteiger partial charge in [-0.05, 0) is 41.9 Å². The first kappa shape index (κ1) is 15.6. The highest BCUT2D eigenvalue weighted by Crippen LogP contribution is 2.14. The molecular weight excluding hydrogens is 320 g/mol. The molecule has 1 atom stereocenters. The quantitative estimate of drug-likeness (QED) is 0.771. The highest BCUT2D eigenvalue weighted by molar-refractivity contribution is 9.10. The maximum atomic E-state index is 11.7. The molecule has 0 bridgehead atoms. The molecule has 18 heavy (non-hydrogen) atoms. The van der Waals surface area contributed by atoms with Gasteiger partial charge in [-0.15, -0.1) is 0 Å². The van der Waals surface area contributed by atoms with Crippen molar-refractivity contribution in [2.75, 3.05) is 19.0 Å². The van der Waals surface area contributed by atoms with Crippen molar-refractivity contribution in [2.45, 2.75) is 19.9 Å². The summed E-state index contributed by atoms with van der Waals surface area (Å²) >= 11 is 3.28. The van der Waals surface area contributed by atoms with E-state index in [0.717, 1.165) is 4.47 Å². The lowest BCUT2D eigenvalue weighted by molar-refractivity contribution is 0.163. The molecule has 0 radical (unpaired) electrons. The van der Waals surface area contributed by atoms with Crippen LogP contribution in [0.5, 0.6) is 0 Å². The second-order valence-corrected chi connectivity index (χ2v) is 6.55. The van der Waals surface area contributed by atoms with Crippen LogP contribution in [0.15, 0.2) is 22.8 Å². The van der Waals surface area contributed by atoms with Crippen molar-refractivity contribution in [1.82, 2.24) is 9.71 Å². The molecule has 1 rings (SSSR count). The summed E-state index contributed by atoms with van der Waals surface area (Å²) in [6, 6.07) is 3.25. The summed E-state index contributed by atoms with van der Waals surface area (Å²) in [4.78, 5) is 4.15. The minimum atomic E-state index is -3.34. The van der Waals surface area contributed by atoms with Crippen molar-refractivity contribution in [1.29, 1.82) is 0 Å². The fourth-order valence-corrected chi connectivity index (χ4v) is 2.69. The third-order valence-corrected chi connectivity index (χ3v) is 4.14. The van der Waals surface area contributed by atoms with Gasteiger partial charge in [-0.3, -0.25) is 4.98 Å². The molecule has 1 aromatic rings. The van der Waals surface area contributed by atoms with Crippen LogP contribution >= 0.6 is 15.9 Å². The number of pyridine rings is 1. The largest absolute Gasteiger partial charge is 0.381 e. The Morgan fingerprint density at radius 1 is 1.50 bits per heavy atom. The molecule has 1 N–H and O–H groups in total. The lowest BCUT2D eigenvalue weighted by Crippen LogP contribution is -2.31. The SMILES string of the molecule is CCOCCS(=O)(=O)NC(C)c1ccc(Br)cn1. The lowest BCUT2D eigenvalue weighted by Gasteiger charge is -2.13. The number of nitrogens with zero attached hydrogens (tertiary/aromatic N) is 1. The molecule has 1 heterocycles. The van der Waals surface area contributed by atoms with Crippen LogP contribution in [0.1, 0.15) is 25.6 Å². The molecule has 0 aliphatic carbocycles. The fraction of sp³-hybridized carbons (Fsp3) is 0.545. The molecule has 7 heteroatoms. The van der Waals surface area contributed by atoms with E-state index in [1.54, 1.807) is 19.2 Å². The number of sulfonamides is 1. The van der Waals surface area contributed by atoms with E-state index in [4.69, 9.17) is 4.74 Å². The Morgan fingerprint density at radius 2 is 2.22 bits per heavy atom. The van der Waals surface area contributed by atoms with E-state index in [-0.39, 0.29) is 18.4 Å². The average molecular weight is 337 g/mol. The van der Waals surface area contributed by atoms with Crippen LogP contribution in [0.4, 0.5) is 0 Å². The van der Waals surface area contributed by atoms with Gasteiger partial charge in [0.15, 0.2) is 0 Å². The van der Waals surface area contributed by atoms with Crippen molar-refractivity contribution in [3.05, 3.63) is 28.5 Å². The lowest BCUT2D eigenvalue weighted by atomic mass is 10.2. The molecule has 1 aromatic heterocycles. The first-order valence-electron chi connectivity index (χ1n) is 5.64. The molecule has 0 spiro atoms. The Kier molecular flexibility index (Phi) is 6.20. The zero-order valence-corrected chi connectivity index (χ0v) is 12.8. The molecule has 0 aliphatic heterocycles. The number of hydrogen-bond donors (Lipinski definition) is 1. The van der Waals surface area contributed by atoms with Gasteiger partial charge in [0.05, 0.1) is 24.1 Å². The van der Waals surface area contributed by atoms with Crippen LogP contribution in [0.2, 0.25) is 0 Å². The summed E-state index contributed by atoms with van der Waals surface area (Å²) in [5.41, 5.74) is 0.679. The van der Waals surface area contributed by atoms with E-state index >= 15 is 0 Å². The summed E-state index contributed by atoms with van der Waals surface area (Å²) in [7, 11) is -3.34. The second-order valence-electron chi connectivity index (χ2n) is 3.76. The first-order valence-corrected chi connectivity index (χ1v) is 8.08. The Balaban J connectivity index is 2.58. The number of ether oxygens (including phenoxy) is 1. The third-order valence-electron chi connectivity index (χ3n) is 2.25. The van der Waals surface area contributed by atoms with Crippen molar-refractivity contribution in [3.63, 3.8) is 0 Å². The molecule has 5 nitrogen and oxygen atoms in total. The molecule has 1 unspecified atom stereocenters. The normalized spacial score (nSPS) is 13.5. The average Bonchev–Trinajstić information content (AvgIpc) is 2.29. The van der Waals surface area contributed by atoms with Crippen LogP contribution in [0, 0.1) is 0 Å². The summed E-state index contributed by atoms with van der Waals surface area (Å²) in [5.74, 6) is -0.0400. The molecule has 0 saturated heterocycles. The smallest absolute Gasteiger partial charge is 0.214 e. The first-order chi connectivity index (χ1) is 8.44. The van der Waals surface area contributed by atoms with Gasteiger partial charge in [-0.25, -0.2) is 13.1 Å². The van der Waals surface area contributed by atoms with E-state index in [9.17, 15) is 8.42 Å². The summed E-state index contributed by atoms with van der Waals surface area (Å²) < 4.78 is 31.9.